The van der Waals surface area contributed by atoms with Crippen LogP contribution in [0, 0.1) is 34.0 Å². The van der Waals surface area contributed by atoms with Crippen LogP contribution in [0.5, 0.6) is 0 Å². The Morgan fingerprint density at radius 3 is 2.52 bits per heavy atom. The molecule has 4 rings (SSSR count). The molecule has 0 aromatic rings. The zero-order valence-electron chi connectivity index (χ0n) is 18.9. The summed E-state index contributed by atoms with van der Waals surface area (Å²) in [6.45, 7) is 16.8. The summed E-state index contributed by atoms with van der Waals surface area (Å²) in [5, 5.41) is 0. The fraction of sp³-hybridized carbons (Fsp3) is 0.852. The highest BCUT2D eigenvalue weighted by molar-refractivity contribution is 5.35. The van der Waals surface area contributed by atoms with E-state index in [2.05, 4.69) is 41.2 Å². The van der Waals surface area contributed by atoms with E-state index in [1.54, 1.807) is 0 Å². The number of allylic oxidation sites excluding steroid dienone is 3. The molecular formula is C27H44. The van der Waals surface area contributed by atoms with Gasteiger partial charge in [-0.2, -0.15) is 0 Å². The molecule has 27 heavy (non-hydrogen) atoms. The van der Waals surface area contributed by atoms with Crippen LogP contribution in [0.4, 0.5) is 0 Å². The van der Waals surface area contributed by atoms with Gasteiger partial charge in [0.2, 0.25) is 0 Å². The van der Waals surface area contributed by atoms with Crippen molar-refractivity contribution in [3.8, 4) is 0 Å². The van der Waals surface area contributed by atoms with Gasteiger partial charge in [0.15, 0.2) is 0 Å². The lowest BCUT2D eigenvalue weighted by Gasteiger charge is -2.58. The van der Waals surface area contributed by atoms with Gasteiger partial charge in [-0.15, -0.1) is 6.58 Å². The molecule has 0 aromatic heterocycles. The Hall–Kier alpha value is -0.520. The van der Waals surface area contributed by atoms with Gasteiger partial charge in [0.25, 0.3) is 0 Å². The normalized spacial score (nSPS) is 43.1. The van der Waals surface area contributed by atoms with Gasteiger partial charge in [-0.3, -0.25) is 0 Å². The molecule has 0 aromatic carbocycles. The van der Waals surface area contributed by atoms with Crippen molar-refractivity contribution in [2.45, 2.75) is 112 Å². The van der Waals surface area contributed by atoms with Gasteiger partial charge in [-0.05, 0) is 112 Å². The van der Waals surface area contributed by atoms with Gasteiger partial charge in [-0.25, -0.2) is 0 Å². The number of hydrogen-bond acceptors (Lipinski definition) is 0. The molecule has 4 aliphatic rings. The van der Waals surface area contributed by atoms with Gasteiger partial charge < -0.3 is 0 Å². The highest BCUT2D eigenvalue weighted by Gasteiger charge is 2.56. The van der Waals surface area contributed by atoms with Crippen molar-refractivity contribution in [2.75, 3.05) is 0 Å². The maximum atomic E-state index is 4.12. The molecule has 2 fully saturated rings. The predicted molar refractivity (Wildman–Crippen MR) is 118 cm³/mol. The van der Waals surface area contributed by atoms with E-state index in [1.165, 1.54) is 82.6 Å². The lowest BCUT2D eigenvalue weighted by molar-refractivity contribution is -0.00198. The van der Waals surface area contributed by atoms with Crippen molar-refractivity contribution in [1.29, 1.82) is 0 Å². The standard InChI is InChI=1S/C27H44/c1-19(2)9-7-10-20-11-13-22-21-12-14-24-25(3,4)16-8-17-27(24,6)23(21)15-18-26(20,22)5/h20,22,24H,1,7-18H2,2-6H3. The largest absolute Gasteiger partial charge is 0.100 e. The first-order valence-electron chi connectivity index (χ1n) is 12.1. The molecule has 0 bridgehead atoms. The van der Waals surface area contributed by atoms with E-state index < -0.39 is 0 Å². The summed E-state index contributed by atoms with van der Waals surface area (Å²) in [4.78, 5) is 0. The highest BCUT2D eigenvalue weighted by Crippen LogP contribution is 2.67. The van der Waals surface area contributed by atoms with Gasteiger partial charge in [0.1, 0.15) is 0 Å². The zero-order valence-corrected chi connectivity index (χ0v) is 18.9. The molecule has 152 valence electrons. The van der Waals surface area contributed by atoms with E-state index >= 15 is 0 Å². The van der Waals surface area contributed by atoms with Crippen LogP contribution in [0.2, 0.25) is 0 Å². The topological polar surface area (TPSA) is 0 Å². The van der Waals surface area contributed by atoms with E-state index in [0.29, 0.717) is 16.2 Å². The Morgan fingerprint density at radius 1 is 1.00 bits per heavy atom. The van der Waals surface area contributed by atoms with E-state index in [1.807, 2.05) is 11.1 Å². The van der Waals surface area contributed by atoms with Crippen molar-refractivity contribution >= 4 is 0 Å². The van der Waals surface area contributed by atoms with Crippen LogP contribution in [0.1, 0.15) is 112 Å². The molecule has 0 amide bonds. The van der Waals surface area contributed by atoms with Crippen LogP contribution in [-0.2, 0) is 0 Å². The molecule has 0 spiro atoms. The van der Waals surface area contributed by atoms with E-state index in [9.17, 15) is 0 Å². The smallest absolute Gasteiger partial charge is 0.00802 e. The van der Waals surface area contributed by atoms with Crippen molar-refractivity contribution in [2.24, 2.45) is 34.0 Å². The Bertz CT molecular complexity index is 634. The molecule has 0 saturated heterocycles. The molecule has 2 saturated carbocycles. The third kappa shape index (κ3) is 3.08. The summed E-state index contributed by atoms with van der Waals surface area (Å²) in [6, 6.07) is 0. The zero-order chi connectivity index (χ0) is 19.4. The second-order valence-corrected chi connectivity index (χ2v) is 12.0. The van der Waals surface area contributed by atoms with Crippen LogP contribution < -0.4 is 0 Å². The lowest BCUT2D eigenvalue weighted by Crippen LogP contribution is -2.48. The molecule has 0 nitrogen and oxygen atoms in total. The fourth-order valence-electron chi connectivity index (χ4n) is 8.62. The molecule has 0 heterocycles. The van der Waals surface area contributed by atoms with Crippen molar-refractivity contribution < 1.29 is 0 Å². The third-order valence-electron chi connectivity index (χ3n) is 10.0. The summed E-state index contributed by atoms with van der Waals surface area (Å²) in [5.41, 5.74) is 6.98. The molecule has 0 radical (unpaired) electrons. The fourth-order valence-corrected chi connectivity index (χ4v) is 8.62. The molecule has 5 unspecified atom stereocenters. The Morgan fingerprint density at radius 2 is 1.78 bits per heavy atom. The first-order chi connectivity index (χ1) is 12.7. The minimum atomic E-state index is 0.523. The average molecular weight is 369 g/mol. The van der Waals surface area contributed by atoms with Crippen molar-refractivity contribution in [3.05, 3.63) is 23.3 Å². The summed E-state index contributed by atoms with van der Waals surface area (Å²) in [5.74, 6) is 2.80. The van der Waals surface area contributed by atoms with Crippen LogP contribution in [0.15, 0.2) is 23.3 Å². The van der Waals surface area contributed by atoms with Crippen molar-refractivity contribution in [3.63, 3.8) is 0 Å². The number of hydrogen-bond donors (Lipinski definition) is 0. The SMILES string of the molecule is C=C(C)CCCC1CCC2C3=C(CCC12C)C1(C)CCCC(C)(C)C1CC3. The summed E-state index contributed by atoms with van der Waals surface area (Å²) < 4.78 is 0. The second-order valence-electron chi connectivity index (χ2n) is 12.0. The molecule has 0 heteroatoms. The van der Waals surface area contributed by atoms with Crippen LogP contribution in [-0.4, -0.2) is 0 Å². The van der Waals surface area contributed by atoms with Crippen LogP contribution >= 0.6 is 0 Å². The third-order valence-corrected chi connectivity index (χ3v) is 10.0. The van der Waals surface area contributed by atoms with Crippen LogP contribution in [0.25, 0.3) is 0 Å². The molecule has 4 aliphatic carbocycles. The quantitative estimate of drug-likeness (QED) is 0.436. The van der Waals surface area contributed by atoms with Gasteiger partial charge >= 0.3 is 0 Å². The molecular weight excluding hydrogens is 324 g/mol. The summed E-state index contributed by atoms with van der Waals surface area (Å²) >= 11 is 0. The molecule has 0 aliphatic heterocycles. The van der Waals surface area contributed by atoms with E-state index in [4.69, 9.17) is 0 Å². The minimum absolute atomic E-state index is 0.523. The summed E-state index contributed by atoms with van der Waals surface area (Å²) in [6.07, 6.45) is 17.1. The Labute approximate surface area is 169 Å². The Kier molecular flexibility index (Phi) is 4.96. The van der Waals surface area contributed by atoms with E-state index in [-0.39, 0.29) is 0 Å². The van der Waals surface area contributed by atoms with E-state index in [0.717, 1.165) is 17.8 Å². The lowest BCUT2D eigenvalue weighted by atomic mass is 9.46. The Balaban J connectivity index is 1.59. The molecule has 5 atom stereocenters. The number of fused-ring (bicyclic) bond motifs is 4. The predicted octanol–water partition coefficient (Wildman–Crippen LogP) is 8.48. The maximum absolute atomic E-state index is 4.12. The molecule has 0 N–H and O–H groups in total. The number of rotatable bonds is 4. The minimum Gasteiger partial charge on any atom is -0.100 e. The monoisotopic (exact) mass is 368 g/mol. The first-order valence-corrected chi connectivity index (χ1v) is 12.1. The highest BCUT2D eigenvalue weighted by atomic mass is 14.6. The van der Waals surface area contributed by atoms with Gasteiger partial charge in [-0.1, -0.05) is 50.8 Å². The second kappa shape index (κ2) is 6.77. The van der Waals surface area contributed by atoms with Gasteiger partial charge in [0, 0.05) is 0 Å². The first kappa shape index (κ1) is 19.8. The summed E-state index contributed by atoms with van der Waals surface area (Å²) in [7, 11) is 0. The maximum Gasteiger partial charge on any atom is -0.00802 e. The van der Waals surface area contributed by atoms with Crippen molar-refractivity contribution in [1.82, 2.24) is 0 Å². The average Bonchev–Trinajstić information content (AvgIpc) is 2.90. The van der Waals surface area contributed by atoms with Crippen LogP contribution in [0.3, 0.4) is 0 Å². The van der Waals surface area contributed by atoms with Gasteiger partial charge in [0.05, 0.1) is 0 Å².